The fraction of sp³-hybridized carbons (Fsp3) is 0.556. The molecule has 3 rings (SSSR count). The Morgan fingerprint density at radius 1 is 1.40 bits per heavy atom. The van der Waals surface area contributed by atoms with Crippen LogP contribution < -0.4 is 5.32 Å². The van der Waals surface area contributed by atoms with Crippen molar-refractivity contribution in [3.8, 4) is 0 Å². The third-order valence-electron chi connectivity index (χ3n) is 4.24. The van der Waals surface area contributed by atoms with Crippen LogP contribution in [0.5, 0.6) is 0 Å². The maximum atomic E-state index is 12.5. The third-order valence-corrected chi connectivity index (χ3v) is 4.24. The summed E-state index contributed by atoms with van der Waals surface area (Å²) in [5, 5.41) is 7.27. The molecule has 1 atom stereocenters. The number of morpholine rings is 1. The normalized spacial score (nSPS) is 17.9. The first-order valence-corrected chi connectivity index (χ1v) is 8.78. The van der Waals surface area contributed by atoms with Crippen LogP contribution >= 0.6 is 0 Å². The number of rotatable bonds is 5. The van der Waals surface area contributed by atoms with Crippen molar-refractivity contribution in [2.75, 3.05) is 25.0 Å². The topological polar surface area (TPSA) is 72.5 Å². The highest BCUT2D eigenvalue weighted by Gasteiger charge is 2.27. The Hall–Kier alpha value is -2.28. The van der Waals surface area contributed by atoms with Crippen molar-refractivity contribution < 1.29 is 13.9 Å². The molecule has 0 radical (unpaired) electrons. The second-order valence-electron chi connectivity index (χ2n) is 6.83. The van der Waals surface area contributed by atoms with Crippen molar-refractivity contribution in [2.24, 2.45) is 5.92 Å². The number of hydrogen-bond acceptors (Lipinski definition) is 4. The fourth-order valence-corrected chi connectivity index (χ4v) is 2.76. The molecular formula is C18H26N4O3. The minimum absolute atomic E-state index is 0.161. The predicted octanol–water partition coefficient (Wildman–Crippen LogP) is 3.44. The van der Waals surface area contributed by atoms with Crippen LogP contribution in [0.15, 0.2) is 28.8 Å². The molecule has 0 spiro atoms. The number of carbonyl (C=O) groups is 1. The Kier molecular flexibility index (Phi) is 5.43. The summed E-state index contributed by atoms with van der Waals surface area (Å²) in [6, 6.07) is 5.47. The molecule has 1 aliphatic heterocycles. The Morgan fingerprint density at radius 2 is 2.24 bits per heavy atom. The lowest BCUT2D eigenvalue weighted by molar-refractivity contribution is -0.0246. The highest BCUT2D eigenvalue weighted by atomic mass is 16.5. The summed E-state index contributed by atoms with van der Waals surface area (Å²) in [5.41, 5.74) is 0. The monoisotopic (exact) mass is 346 g/mol. The molecular weight excluding hydrogens is 320 g/mol. The summed E-state index contributed by atoms with van der Waals surface area (Å²) in [4.78, 5) is 14.2. The predicted molar refractivity (Wildman–Crippen MR) is 94.4 cm³/mol. The number of hydrogen-bond donors (Lipinski definition) is 1. The summed E-state index contributed by atoms with van der Waals surface area (Å²) in [5.74, 6) is 2.79. The third kappa shape index (κ3) is 4.63. The summed E-state index contributed by atoms with van der Waals surface area (Å²) < 4.78 is 13.2. The van der Waals surface area contributed by atoms with Crippen LogP contribution in [-0.2, 0) is 11.3 Å². The van der Waals surface area contributed by atoms with E-state index in [4.69, 9.17) is 9.15 Å². The summed E-state index contributed by atoms with van der Waals surface area (Å²) in [7, 11) is 0. The lowest BCUT2D eigenvalue weighted by atomic mass is 10.1. The molecule has 136 valence electrons. The van der Waals surface area contributed by atoms with Crippen LogP contribution in [0.2, 0.25) is 0 Å². The second kappa shape index (κ2) is 7.74. The molecule has 0 unspecified atom stereocenters. The highest BCUT2D eigenvalue weighted by Crippen LogP contribution is 2.24. The average Bonchev–Trinajstić information content (AvgIpc) is 3.22. The Morgan fingerprint density at radius 3 is 2.96 bits per heavy atom. The maximum absolute atomic E-state index is 12.5. The Labute approximate surface area is 147 Å². The van der Waals surface area contributed by atoms with Gasteiger partial charge in [0, 0.05) is 25.4 Å². The van der Waals surface area contributed by atoms with Crippen molar-refractivity contribution in [1.29, 1.82) is 0 Å². The van der Waals surface area contributed by atoms with Crippen molar-refractivity contribution in [3.63, 3.8) is 0 Å². The van der Waals surface area contributed by atoms with Gasteiger partial charge in [-0.05, 0) is 31.4 Å². The van der Waals surface area contributed by atoms with Gasteiger partial charge in [0.1, 0.15) is 17.6 Å². The molecule has 0 aromatic carbocycles. The average molecular weight is 346 g/mol. The number of amides is 2. The van der Waals surface area contributed by atoms with E-state index in [1.165, 1.54) is 0 Å². The van der Waals surface area contributed by atoms with Crippen LogP contribution in [0, 0.1) is 12.8 Å². The molecule has 0 bridgehead atoms. The van der Waals surface area contributed by atoms with E-state index in [9.17, 15) is 4.79 Å². The molecule has 7 nitrogen and oxygen atoms in total. The SMILES string of the molecule is Cc1ccc([C@H]2CN(C(=O)Nc3ccn(CCC(C)C)n3)CCO2)o1. The number of aryl methyl sites for hydroxylation is 2. The van der Waals surface area contributed by atoms with Crippen molar-refractivity contribution in [2.45, 2.75) is 39.8 Å². The van der Waals surface area contributed by atoms with Gasteiger partial charge in [0.05, 0.1) is 13.2 Å². The number of furan rings is 1. The minimum Gasteiger partial charge on any atom is -0.464 e. The molecule has 1 saturated heterocycles. The number of anilines is 1. The van der Waals surface area contributed by atoms with Gasteiger partial charge in [-0.15, -0.1) is 0 Å². The van der Waals surface area contributed by atoms with E-state index in [0.717, 1.165) is 24.5 Å². The number of nitrogens with zero attached hydrogens (tertiary/aromatic N) is 3. The maximum Gasteiger partial charge on any atom is 0.323 e. The van der Waals surface area contributed by atoms with Gasteiger partial charge in [0.15, 0.2) is 5.82 Å². The number of aromatic nitrogens is 2. The molecule has 0 saturated carbocycles. The largest absolute Gasteiger partial charge is 0.464 e. The number of nitrogens with one attached hydrogen (secondary N) is 1. The van der Waals surface area contributed by atoms with E-state index in [2.05, 4.69) is 24.3 Å². The smallest absolute Gasteiger partial charge is 0.323 e. The summed E-state index contributed by atoms with van der Waals surface area (Å²) >= 11 is 0. The van der Waals surface area contributed by atoms with E-state index in [1.54, 1.807) is 4.90 Å². The van der Waals surface area contributed by atoms with E-state index in [-0.39, 0.29) is 12.1 Å². The lowest BCUT2D eigenvalue weighted by Crippen LogP contribution is -2.44. The van der Waals surface area contributed by atoms with Crippen LogP contribution in [0.1, 0.15) is 37.9 Å². The van der Waals surface area contributed by atoms with Gasteiger partial charge in [0.25, 0.3) is 0 Å². The summed E-state index contributed by atoms with van der Waals surface area (Å²) in [6.45, 7) is 8.62. The number of ether oxygens (including phenoxy) is 1. The molecule has 3 heterocycles. The zero-order valence-corrected chi connectivity index (χ0v) is 15.1. The first kappa shape index (κ1) is 17.5. The number of urea groups is 1. The molecule has 7 heteroatoms. The first-order valence-electron chi connectivity index (χ1n) is 8.78. The zero-order chi connectivity index (χ0) is 17.8. The van der Waals surface area contributed by atoms with Gasteiger partial charge in [0.2, 0.25) is 0 Å². The molecule has 2 aromatic heterocycles. The van der Waals surface area contributed by atoms with Crippen molar-refractivity contribution in [1.82, 2.24) is 14.7 Å². The van der Waals surface area contributed by atoms with Gasteiger partial charge in [-0.3, -0.25) is 10.00 Å². The van der Waals surface area contributed by atoms with E-state index < -0.39 is 0 Å². The van der Waals surface area contributed by atoms with Gasteiger partial charge in [-0.1, -0.05) is 13.8 Å². The Bertz CT molecular complexity index is 707. The highest BCUT2D eigenvalue weighted by molar-refractivity contribution is 5.88. The van der Waals surface area contributed by atoms with Gasteiger partial charge >= 0.3 is 6.03 Å². The lowest BCUT2D eigenvalue weighted by Gasteiger charge is -2.31. The molecule has 2 amide bonds. The van der Waals surface area contributed by atoms with E-state index in [1.807, 2.05) is 36.0 Å². The van der Waals surface area contributed by atoms with E-state index in [0.29, 0.717) is 31.4 Å². The van der Waals surface area contributed by atoms with Gasteiger partial charge in [-0.25, -0.2) is 4.79 Å². The van der Waals surface area contributed by atoms with Crippen LogP contribution in [0.25, 0.3) is 0 Å². The molecule has 1 fully saturated rings. The molecule has 2 aromatic rings. The van der Waals surface area contributed by atoms with Crippen molar-refractivity contribution >= 4 is 11.8 Å². The van der Waals surface area contributed by atoms with Crippen LogP contribution in [-0.4, -0.2) is 40.4 Å². The number of carbonyl (C=O) groups excluding carboxylic acids is 1. The molecule has 1 N–H and O–H groups in total. The van der Waals surface area contributed by atoms with Crippen LogP contribution in [0.3, 0.4) is 0 Å². The molecule has 25 heavy (non-hydrogen) atoms. The second-order valence-corrected chi connectivity index (χ2v) is 6.83. The quantitative estimate of drug-likeness (QED) is 0.900. The Balaban J connectivity index is 1.55. The van der Waals surface area contributed by atoms with Gasteiger partial charge < -0.3 is 14.1 Å². The standard InChI is InChI=1S/C18H26N4O3/c1-13(2)6-8-22-9-7-17(20-22)19-18(23)21-10-11-24-16(12-21)15-5-4-14(3)25-15/h4-5,7,9,13,16H,6,8,10-12H2,1-3H3,(H,19,20,23)/t16-/m1/s1. The molecule has 0 aliphatic carbocycles. The van der Waals surface area contributed by atoms with Gasteiger partial charge in [-0.2, -0.15) is 5.10 Å². The van der Waals surface area contributed by atoms with Crippen molar-refractivity contribution in [3.05, 3.63) is 35.9 Å². The zero-order valence-electron chi connectivity index (χ0n) is 15.1. The van der Waals surface area contributed by atoms with E-state index >= 15 is 0 Å². The summed E-state index contributed by atoms with van der Waals surface area (Å²) in [6.07, 6.45) is 2.73. The molecule has 1 aliphatic rings. The first-order chi connectivity index (χ1) is 12.0. The van der Waals surface area contributed by atoms with Crippen LogP contribution in [0.4, 0.5) is 10.6 Å². The fourth-order valence-electron chi connectivity index (χ4n) is 2.76. The minimum atomic E-state index is -0.225.